The van der Waals surface area contributed by atoms with Crippen molar-refractivity contribution in [2.75, 3.05) is 33.3 Å². The van der Waals surface area contributed by atoms with Crippen molar-refractivity contribution in [1.82, 2.24) is 14.8 Å². The fraction of sp³-hybridized carbons (Fsp3) is 0.348. The van der Waals surface area contributed by atoms with Gasteiger partial charge in [-0.05, 0) is 37.4 Å². The number of pyridine rings is 1. The van der Waals surface area contributed by atoms with Crippen LogP contribution < -0.4 is 4.74 Å². The molecule has 1 unspecified atom stereocenters. The summed E-state index contributed by atoms with van der Waals surface area (Å²) in [5, 5.41) is 11.5. The number of hydrogen-bond donors (Lipinski definition) is 1. The first-order valence-corrected chi connectivity index (χ1v) is 11.0. The maximum Gasteiger partial charge on any atom is 0.295 e. The highest BCUT2D eigenvalue weighted by atomic mass is 35.5. The lowest BCUT2D eigenvalue weighted by Crippen LogP contribution is -2.38. The molecule has 1 aromatic carbocycles. The highest BCUT2D eigenvalue weighted by molar-refractivity contribution is 6.46. The van der Waals surface area contributed by atoms with Crippen molar-refractivity contribution in [3.63, 3.8) is 0 Å². The number of halogens is 2. The second-order valence-corrected chi connectivity index (χ2v) is 8.06. The van der Waals surface area contributed by atoms with Gasteiger partial charge in [-0.3, -0.25) is 14.6 Å². The van der Waals surface area contributed by atoms with E-state index in [4.69, 9.17) is 27.9 Å². The van der Waals surface area contributed by atoms with Crippen molar-refractivity contribution in [2.24, 2.45) is 0 Å². The van der Waals surface area contributed by atoms with E-state index in [1.54, 1.807) is 24.4 Å². The first-order valence-electron chi connectivity index (χ1n) is 10.3. The van der Waals surface area contributed by atoms with Crippen molar-refractivity contribution < 1.29 is 19.4 Å². The van der Waals surface area contributed by atoms with E-state index in [2.05, 4.69) is 9.88 Å². The number of amides is 1. The topological polar surface area (TPSA) is 83.0 Å². The van der Waals surface area contributed by atoms with E-state index >= 15 is 0 Å². The molecule has 1 amide bonds. The van der Waals surface area contributed by atoms with Crippen LogP contribution in [0.25, 0.3) is 5.76 Å². The van der Waals surface area contributed by atoms with Gasteiger partial charge in [0.1, 0.15) is 11.8 Å². The van der Waals surface area contributed by atoms with Gasteiger partial charge in [-0.2, -0.15) is 0 Å². The summed E-state index contributed by atoms with van der Waals surface area (Å²) in [5.74, 6) is -1.57. The van der Waals surface area contributed by atoms with Crippen molar-refractivity contribution in [3.05, 3.63) is 63.4 Å². The number of rotatable bonds is 8. The number of likely N-dealkylation sites (N-methyl/N-ethyl adjacent to an activating group) is 1. The largest absolute Gasteiger partial charge is 0.507 e. The van der Waals surface area contributed by atoms with Crippen molar-refractivity contribution in [2.45, 2.75) is 19.9 Å². The van der Waals surface area contributed by atoms with Gasteiger partial charge < -0.3 is 19.6 Å². The first-order chi connectivity index (χ1) is 15.3. The van der Waals surface area contributed by atoms with Gasteiger partial charge in [0.15, 0.2) is 5.75 Å². The van der Waals surface area contributed by atoms with Crippen LogP contribution in [0.5, 0.6) is 5.75 Å². The van der Waals surface area contributed by atoms with Crippen molar-refractivity contribution in [1.29, 1.82) is 0 Å². The third kappa shape index (κ3) is 4.60. The molecule has 2 aromatic rings. The molecule has 1 aliphatic heterocycles. The number of ketones is 1. The molecule has 1 fully saturated rings. The minimum Gasteiger partial charge on any atom is -0.507 e. The Labute approximate surface area is 197 Å². The molecule has 32 heavy (non-hydrogen) atoms. The number of benzene rings is 1. The Kier molecular flexibility index (Phi) is 7.77. The minimum absolute atomic E-state index is 0.0504. The maximum absolute atomic E-state index is 13.0. The van der Waals surface area contributed by atoms with E-state index in [1.807, 2.05) is 13.8 Å². The van der Waals surface area contributed by atoms with Crippen LogP contribution in [0.4, 0.5) is 0 Å². The van der Waals surface area contributed by atoms with Gasteiger partial charge in [-0.15, -0.1) is 0 Å². The fourth-order valence-corrected chi connectivity index (χ4v) is 4.43. The van der Waals surface area contributed by atoms with Crippen LogP contribution in [-0.2, 0) is 9.59 Å². The van der Waals surface area contributed by atoms with Crippen molar-refractivity contribution in [3.8, 4) is 5.75 Å². The Morgan fingerprint density at radius 1 is 1.19 bits per heavy atom. The summed E-state index contributed by atoms with van der Waals surface area (Å²) in [7, 11) is 1.43. The molecule has 170 valence electrons. The third-order valence-electron chi connectivity index (χ3n) is 5.54. The summed E-state index contributed by atoms with van der Waals surface area (Å²) >= 11 is 12.5. The van der Waals surface area contributed by atoms with Gasteiger partial charge in [0.2, 0.25) is 0 Å². The molecule has 7 nitrogen and oxygen atoms in total. The molecule has 0 radical (unpaired) electrons. The van der Waals surface area contributed by atoms with Gasteiger partial charge in [-0.25, -0.2) is 0 Å². The average Bonchev–Trinajstić information content (AvgIpc) is 3.04. The molecule has 0 spiro atoms. The Morgan fingerprint density at radius 2 is 1.84 bits per heavy atom. The summed E-state index contributed by atoms with van der Waals surface area (Å²) < 4.78 is 5.15. The zero-order chi connectivity index (χ0) is 23.4. The molecule has 1 aromatic heterocycles. The summed E-state index contributed by atoms with van der Waals surface area (Å²) in [6.45, 7) is 6.60. The molecular formula is C23H25Cl2N3O4. The number of aliphatic hydroxyl groups is 1. The number of methoxy groups -OCH3 is 1. The standard InChI is InChI=1S/C23H25Cl2N3O4/c1-4-27(5-2)10-11-28-19(17-8-6-7-9-26-17)18(21(30)23(28)31)20(29)14-12-15(24)22(32-3)16(25)13-14/h6-9,12-13,19,29H,4-5,10-11H2,1-3H3/b20-18+. The summed E-state index contributed by atoms with van der Waals surface area (Å²) in [6.07, 6.45) is 1.58. The lowest BCUT2D eigenvalue weighted by Gasteiger charge is -2.27. The summed E-state index contributed by atoms with van der Waals surface area (Å²) in [4.78, 5) is 34.0. The second-order valence-electron chi connectivity index (χ2n) is 7.25. The number of likely N-dealkylation sites (tertiary alicyclic amines) is 1. The van der Waals surface area contributed by atoms with E-state index in [-0.39, 0.29) is 32.7 Å². The number of aromatic nitrogens is 1. The molecule has 1 atom stereocenters. The summed E-state index contributed by atoms with van der Waals surface area (Å²) in [5.41, 5.74) is 0.646. The lowest BCUT2D eigenvalue weighted by molar-refractivity contribution is -0.140. The summed E-state index contributed by atoms with van der Waals surface area (Å²) in [6, 6.07) is 7.30. The van der Waals surface area contributed by atoms with Crippen LogP contribution in [0.1, 0.15) is 31.1 Å². The Morgan fingerprint density at radius 3 is 2.38 bits per heavy atom. The van der Waals surface area contributed by atoms with E-state index in [0.717, 1.165) is 13.1 Å². The number of aliphatic hydroxyl groups excluding tert-OH is 1. The normalized spacial score (nSPS) is 17.9. The van der Waals surface area contributed by atoms with Crippen LogP contribution in [-0.4, -0.2) is 64.9 Å². The van der Waals surface area contributed by atoms with Gasteiger partial charge >= 0.3 is 0 Å². The lowest BCUT2D eigenvalue weighted by atomic mass is 9.98. The Bertz CT molecular complexity index is 1020. The molecule has 2 heterocycles. The molecule has 1 saturated heterocycles. The molecule has 3 rings (SSSR count). The number of carbonyl (C=O) groups excluding carboxylic acids is 2. The zero-order valence-corrected chi connectivity index (χ0v) is 19.7. The number of hydrogen-bond acceptors (Lipinski definition) is 6. The maximum atomic E-state index is 13.0. The molecular weight excluding hydrogens is 453 g/mol. The SMILES string of the molecule is CCN(CC)CCN1C(=O)C(=O)/C(=C(/O)c2cc(Cl)c(OC)c(Cl)c2)C1c1ccccn1. The third-order valence-corrected chi connectivity index (χ3v) is 6.10. The smallest absolute Gasteiger partial charge is 0.295 e. The van der Waals surface area contributed by atoms with Gasteiger partial charge in [0.05, 0.1) is 28.4 Å². The number of Topliss-reactive ketones (excluding diaryl/α,β-unsaturated/α-hetero) is 1. The highest BCUT2D eigenvalue weighted by Crippen LogP contribution is 2.41. The second kappa shape index (κ2) is 10.3. The predicted octanol–water partition coefficient (Wildman–Crippen LogP) is 4.16. The Balaban J connectivity index is 2.12. The van der Waals surface area contributed by atoms with E-state index in [9.17, 15) is 14.7 Å². The number of nitrogens with zero attached hydrogens (tertiary/aromatic N) is 3. The molecule has 1 aliphatic rings. The molecule has 0 aliphatic carbocycles. The predicted molar refractivity (Wildman–Crippen MR) is 124 cm³/mol. The minimum atomic E-state index is -0.827. The fourth-order valence-electron chi connectivity index (χ4n) is 3.79. The average molecular weight is 478 g/mol. The van der Waals surface area contributed by atoms with Gasteiger partial charge in [0.25, 0.3) is 11.7 Å². The van der Waals surface area contributed by atoms with Gasteiger partial charge in [0, 0.05) is 24.8 Å². The number of ether oxygens (including phenoxy) is 1. The highest BCUT2D eigenvalue weighted by Gasteiger charge is 2.46. The molecule has 9 heteroatoms. The van der Waals surface area contributed by atoms with Crippen LogP contribution >= 0.6 is 23.2 Å². The molecule has 1 N–H and O–H groups in total. The van der Waals surface area contributed by atoms with E-state index < -0.39 is 17.7 Å². The molecule has 0 saturated carbocycles. The van der Waals surface area contributed by atoms with Crippen LogP contribution in [0, 0.1) is 0 Å². The van der Waals surface area contributed by atoms with Crippen LogP contribution in [0.3, 0.4) is 0 Å². The van der Waals surface area contributed by atoms with E-state index in [1.165, 1.54) is 24.1 Å². The number of carbonyl (C=O) groups is 2. The monoisotopic (exact) mass is 477 g/mol. The van der Waals surface area contributed by atoms with Crippen LogP contribution in [0.2, 0.25) is 10.0 Å². The molecule has 0 bridgehead atoms. The van der Waals surface area contributed by atoms with Gasteiger partial charge in [-0.1, -0.05) is 43.1 Å². The van der Waals surface area contributed by atoms with Crippen molar-refractivity contribution >= 4 is 40.7 Å². The zero-order valence-electron chi connectivity index (χ0n) is 18.1. The first kappa shape index (κ1) is 24.0. The Hall–Kier alpha value is -2.61. The van der Waals surface area contributed by atoms with E-state index in [0.29, 0.717) is 18.8 Å². The van der Waals surface area contributed by atoms with Crippen LogP contribution in [0.15, 0.2) is 42.1 Å². The quantitative estimate of drug-likeness (QED) is 0.349.